The fourth-order valence-corrected chi connectivity index (χ4v) is 5.81. The average Bonchev–Trinajstić information content (AvgIpc) is 2.66. The van der Waals surface area contributed by atoms with Crippen LogP contribution in [0.15, 0.2) is 12.1 Å². The molecule has 0 radical (unpaired) electrons. The molecule has 3 rings (SSSR count). The van der Waals surface area contributed by atoms with Crippen LogP contribution in [0.2, 0.25) is 0 Å². The van der Waals surface area contributed by atoms with E-state index in [0.29, 0.717) is 6.54 Å². The van der Waals surface area contributed by atoms with Gasteiger partial charge < -0.3 is 15.3 Å². The molecule has 2 aliphatic rings. The Hall–Kier alpha value is 1.40. The molecular formula is C16H21I2N2NaO. The van der Waals surface area contributed by atoms with Crippen LogP contribution in [0.25, 0.3) is 0 Å². The SMILES string of the molecule is CN1C2CCC1CC(CNCc1cc(I)cc(I)c1[O-])C2.[Na+]. The molecule has 116 valence electrons. The Kier molecular flexibility index (Phi) is 7.77. The predicted octanol–water partition coefficient (Wildman–Crippen LogP) is -0.0642. The molecule has 22 heavy (non-hydrogen) atoms. The van der Waals surface area contributed by atoms with Crippen LogP contribution in [0.3, 0.4) is 0 Å². The van der Waals surface area contributed by atoms with Gasteiger partial charge in [0.05, 0.1) is 0 Å². The predicted molar refractivity (Wildman–Crippen MR) is 100 cm³/mol. The first kappa shape index (κ1) is 19.7. The summed E-state index contributed by atoms with van der Waals surface area (Å²) in [5.74, 6) is 0.961. The molecule has 0 saturated carbocycles. The Morgan fingerprint density at radius 1 is 1.23 bits per heavy atom. The first-order chi connectivity index (χ1) is 10.0. The van der Waals surface area contributed by atoms with E-state index in [0.717, 1.165) is 37.3 Å². The van der Waals surface area contributed by atoms with Crippen molar-refractivity contribution in [1.29, 1.82) is 0 Å². The Labute approximate surface area is 182 Å². The molecule has 0 amide bonds. The van der Waals surface area contributed by atoms with Crippen LogP contribution in [0, 0.1) is 13.1 Å². The summed E-state index contributed by atoms with van der Waals surface area (Å²) in [5.41, 5.74) is 0.905. The number of rotatable bonds is 4. The Balaban J connectivity index is 0.00000176. The van der Waals surface area contributed by atoms with Crippen molar-refractivity contribution >= 4 is 45.2 Å². The Bertz CT molecular complexity index is 515. The second kappa shape index (κ2) is 8.67. The number of fused-ring (bicyclic) bond motifs is 2. The largest absolute Gasteiger partial charge is 1.00 e. The Morgan fingerprint density at radius 3 is 2.50 bits per heavy atom. The molecule has 6 heteroatoms. The number of piperidine rings is 1. The van der Waals surface area contributed by atoms with Gasteiger partial charge in [-0.1, -0.05) is 5.75 Å². The van der Waals surface area contributed by atoms with E-state index in [2.05, 4.69) is 62.4 Å². The van der Waals surface area contributed by atoms with Gasteiger partial charge in [-0.2, -0.15) is 0 Å². The number of benzene rings is 1. The van der Waals surface area contributed by atoms with Gasteiger partial charge in [-0.15, -0.1) is 0 Å². The van der Waals surface area contributed by atoms with Gasteiger partial charge in [-0.25, -0.2) is 0 Å². The first-order valence-corrected chi connectivity index (χ1v) is 9.78. The maximum Gasteiger partial charge on any atom is 1.00 e. The van der Waals surface area contributed by atoms with Crippen molar-refractivity contribution in [2.75, 3.05) is 13.6 Å². The van der Waals surface area contributed by atoms with E-state index in [-0.39, 0.29) is 35.3 Å². The topological polar surface area (TPSA) is 38.3 Å². The molecule has 2 unspecified atom stereocenters. The molecule has 2 bridgehead atoms. The quantitative estimate of drug-likeness (QED) is 0.435. The van der Waals surface area contributed by atoms with Gasteiger partial charge >= 0.3 is 29.6 Å². The number of hydrogen-bond acceptors (Lipinski definition) is 3. The van der Waals surface area contributed by atoms with Crippen molar-refractivity contribution in [3.8, 4) is 5.75 Å². The maximum atomic E-state index is 12.1. The smallest absolute Gasteiger partial charge is 0.872 e. The van der Waals surface area contributed by atoms with Crippen LogP contribution in [0.1, 0.15) is 31.2 Å². The first-order valence-electron chi connectivity index (χ1n) is 7.62. The van der Waals surface area contributed by atoms with Gasteiger partial charge in [0.2, 0.25) is 0 Å². The molecular weight excluding hydrogens is 513 g/mol. The van der Waals surface area contributed by atoms with Crippen LogP contribution in [-0.4, -0.2) is 30.6 Å². The number of hydrogen-bond donors (Lipinski definition) is 1. The normalized spacial score (nSPS) is 27.7. The summed E-state index contributed by atoms with van der Waals surface area (Å²) in [6.45, 7) is 1.75. The van der Waals surface area contributed by atoms with Crippen LogP contribution in [0.5, 0.6) is 5.75 Å². The van der Waals surface area contributed by atoms with Crippen molar-refractivity contribution in [1.82, 2.24) is 10.2 Å². The van der Waals surface area contributed by atoms with Crippen LogP contribution in [0.4, 0.5) is 0 Å². The Morgan fingerprint density at radius 2 is 1.86 bits per heavy atom. The van der Waals surface area contributed by atoms with E-state index in [1.54, 1.807) is 0 Å². The fourth-order valence-electron chi connectivity index (χ4n) is 3.85. The summed E-state index contributed by atoms with van der Waals surface area (Å²) in [6.07, 6.45) is 5.37. The molecule has 2 atom stereocenters. The molecule has 2 aliphatic heterocycles. The molecule has 2 heterocycles. The third-order valence-electron chi connectivity index (χ3n) is 5.03. The number of halogens is 2. The van der Waals surface area contributed by atoms with Gasteiger partial charge in [0.25, 0.3) is 0 Å². The van der Waals surface area contributed by atoms with Crippen molar-refractivity contribution in [2.24, 2.45) is 5.92 Å². The van der Waals surface area contributed by atoms with Gasteiger partial charge in [0.1, 0.15) is 0 Å². The van der Waals surface area contributed by atoms with Gasteiger partial charge in [-0.05, 0) is 108 Å². The van der Waals surface area contributed by atoms with Gasteiger partial charge in [-0.3, -0.25) is 0 Å². The fraction of sp³-hybridized carbons (Fsp3) is 0.625. The summed E-state index contributed by atoms with van der Waals surface area (Å²) < 4.78 is 1.97. The van der Waals surface area contributed by atoms with E-state index < -0.39 is 0 Å². The zero-order chi connectivity index (χ0) is 15.0. The minimum atomic E-state index is 0. The molecule has 0 aliphatic carbocycles. The molecule has 1 aromatic carbocycles. The van der Waals surface area contributed by atoms with Crippen LogP contribution >= 0.6 is 45.2 Å². The molecule has 3 nitrogen and oxygen atoms in total. The standard InChI is InChI=1S/C16H22I2N2O.Na/c1-20-13-2-3-14(20)5-10(4-13)8-19-9-11-6-12(17)7-15(18)16(11)21;/h6-7,10,13-14,19,21H,2-5,8-9H2,1H3;/q;+1/p-1. The second-order valence-electron chi connectivity index (χ2n) is 6.39. The van der Waals surface area contributed by atoms with E-state index in [4.69, 9.17) is 0 Å². The third kappa shape index (κ3) is 4.52. The van der Waals surface area contributed by atoms with E-state index >= 15 is 0 Å². The van der Waals surface area contributed by atoms with E-state index in [9.17, 15) is 5.11 Å². The zero-order valence-corrected chi connectivity index (χ0v) is 19.6. The monoisotopic (exact) mass is 534 g/mol. The van der Waals surface area contributed by atoms with Crippen molar-refractivity contribution in [3.05, 3.63) is 24.8 Å². The minimum absolute atomic E-state index is 0. The molecule has 1 N–H and O–H groups in total. The van der Waals surface area contributed by atoms with E-state index in [1.165, 1.54) is 25.7 Å². The third-order valence-corrected chi connectivity index (χ3v) is 6.45. The summed E-state index contributed by atoms with van der Waals surface area (Å²) in [5, 5.41) is 15.6. The van der Waals surface area contributed by atoms with Crippen molar-refractivity contribution in [2.45, 2.75) is 44.3 Å². The maximum absolute atomic E-state index is 12.1. The molecule has 1 aromatic rings. The molecule has 2 fully saturated rings. The van der Waals surface area contributed by atoms with Gasteiger partial charge in [0.15, 0.2) is 0 Å². The molecule has 0 spiro atoms. The number of nitrogens with zero attached hydrogens (tertiary/aromatic N) is 1. The van der Waals surface area contributed by atoms with Crippen LogP contribution in [-0.2, 0) is 6.54 Å². The molecule has 0 aromatic heterocycles. The average molecular weight is 534 g/mol. The van der Waals surface area contributed by atoms with Crippen molar-refractivity contribution < 1.29 is 34.7 Å². The second-order valence-corrected chi connectivity index (χ2v) is 8.80. The van der Waals surface area contributed by atoms with Crippen LogP contribution < -0.4 is 40.0 Å². The van der Waals surface area contributed by atoms with Gasteiger partial charge in [0, 0.05) is 25.8 Å². The summed E-state index contributed by atoms with van der Waals surface area (Å²) in [4.78, 5) is 2.58. The van der Waals surface area contributed by atoms with Crippen molar-refractivity contribution in [3.63, 3.8) is 0 Å². The summed E-state index contributed by atoms with van der Waals surface area (Å²) in [7, 11) is 2.28. The number of nitrogens with one attached hydrogen (secondary N) is 1. The summed E-state index contributed by atoms with van der Waals surface area (Å²) >= 11 is 4.42. The van der Waals surface area contributed by atoms with E-state index in [1.807, 2.05) is 12.1 Å². The minimum Gasteiger partial charge on any atom is -0.872 e. The zero-order valence-electron chi connectivity index (χ0n) is 13.2. The molecule has 2 saturated heterocycles. The summed E-state index contributed by atoms with van der Waals surface area (Å²) in [6, 6.07) is 5.55.